The van der Waals surface area contributed by atoms with Crippen molar-refractivity contribution < 1.29 is 0 Å². The number of hydrogen-bond acceptors (Lipinski definition) is 2. The maximum Gasteiger partial charge on any atom is 0.253 e. The van der Waals surface area contributed by atoms with Gasteiger partial charge in [0.15, 0.2) is 0 Å². The largest absolute Gasteiger partial charge is 0.299 e. The first-order chi connectivity index (χ1) is 5.74. The maximum atomic E-state index is 11.2. The van der Waals surface area contributed by atoms with Crippen LogP contribution in [0.25, 0.3) is 0 Å². The van der Waals surface area contributed by atoms with E-state index in [4.69, 9.17) is 11.6 Å². The molecular weight excluding hydrogens is 176 g/mol. The van der Waals surface area contributed by atoms with Gasteiger partial charge in [0.05, 0.1) is 6.33 Å². The fourth-order valence-electron chi connectivity index (χ4n) is 0.915. The van der Waals surface area contributed by atoms with E-state index in [2.05, 4.69) is 4.98 Å². The van der Waals surface area contributed by atoms with Gasteiger partial charge in [-0.2, -0.15) is 0 Å². The van der Waals surface area contributed by atoms with Gasteiger partial charge in [0.2, 0.25) is 0 Å². The van der Waals surface area contributed by atoms with Gasteiger partial charge in [-0.25, -0.2) is 4.98 Å². The van der Waals surface area contributed by atoms with Gasteiger partial charge in [-0.15, -0.1) is 11.6 Å². The summed E-state index contributed by atoms with van der Waals surface area (Å²) in [4.78, 5) is 15.2. The Morgan fingerprint density at radius 3 is 3.00 bits per heavy atom. The van der Waals surface area contributed by atoms with E-state index in [9.17, 15) is 4.79 Å². The molecule has 0 aliphatic heterocycles. The fourth-order valence-corrected chi connectivity index (χ4v) is 1.03. The molecule has 0 radical (unpaired) electrons. The summed E-state index contributed by atoms with van der Waals surface area (Å²) >= 11 is 5.50. The van der Waals surface area contributed by atoms with E-state index in [0.29, 0.717) is 12.4 Å². The van der Waals surface area contributed by atoms with Gasteiger partial charge < -0.3 is 0 Å². The van der Waals surface area contributed by atoms with Gasteiger partial charge >= 0.3 is 0 Å². The number of hydrogen-bond donors (Lipinski definition) is 0. The molecule has 0 atom stereocenters. The number of alkyl halides is 1. The molecule has 0 fully saturated rings. The second kappa shape index (κ2) is 4.26. The van der Waals surface area contributed by atoms with E-state index < -0.39 is 0 Å². The molecule has 4 heteroatoms. The van der Waals surface area contributed by atoms with E-state index in [1.807, 2.05) is 0 Å². The summed E-state index contributed by atoms with van der Waals surface area (Å²) in [6, 6.07) is 1.52. The van der Waals surface area contributed by atoms with Crippen molar-refractivity contribution in [3.63, 3.8) is 0 Å². The Labute approximate surface area is 76.0 Å². The van der Waals surface area contributed by atoms with Crippen LogP contribution < -0.4 is 5.56 Å². The number of rotatable bonds is 3. The first-order valence-corrected chi connectivity index (χ1v) is 4.36. The van der Waals surface area contributed by atoms with Crippen LogP contribution in [-0.2, 0) is 6.54 Å². The van der Waals surface area contributed by atoms with E-state index in [1.54, 1.807) is 17.8 Å². The third-order valence-electron chi connectivity index (χ3n) is 1.55. The van der Waals surface area contributed by atoms with Gasteiger partial charge in [0.25, 0.3) is 5.56 Å². The van der Waals surface area contributed by atoms with Crippen LogP contribution in [0.1, 0.15) is 12.1 Å². The monoisotopic (exact) mass is 186 g/mol. The predicted molar refractivity (Wildman–Crippen MR) is 48.6 cm³/mol. The zero-order chi connectivity index (χ0) is 8.97. The first kappa shape index (κ1) is 9.26. The van der Waals surface area contributed by atoms with Crippen LogP contribution in [-0.4, -0.2) is 15.4 Å². The second-order valence-corrected chi connectivity index (χ2v) is 2.98. The Morgan fingerprint density at radius 1 is 1.67 bits per heavy atom. The Balaban J connectivity index is 2.80. The van der Waals surface area contributed by atoms with Crippen molar-refractivity contribution in [2.45, 2.75) is 19.9 Å². The molecule has 1 rings (SSSR count). The molecule has 0 saturated heterocycles. The molecule has 1 aromatic rings. The topological polar surface area (TPSA) is 34.9 Å². The molecule has 3 nitrogen and oxygen atoms in total. The van der Waals surface area contributed by atoms with Crippen molar-refractivity contribution >= 4 is 11.6 Å². The summed E-state index contributed by atoms with van der Waals surface area (Å²) in [6.07, 6.45) is 2.36. The van der Waals surface area contributed by atoms with Crippen LogP contribution in [0, 0.1) is 6.92 Å². The van der Waals surface area contributed by atoms with Crippen LogP contribution >= 0.6 is 11.6 Å². The smallest absolute Gasteiger partial charge is 0.253 e. The van der Waals surface area contributed by atoms with Crippen LogP contribution in [0.4, 0.5) is 0 Å². The third kappa shape index (κ3) is 2.34. The molecule has 66 valence electrons. The average molecular weight is 187 g/mol. The highest BCUT2D eigenvalue weighted by atomic mass is 35.5. The highest BCUT2D eigenvalue weighted by molar-refractivity contribution is 6.17. The van der Waals surface area contributed by atoms with Crippen molar-refractivity contribution in [3.05, 3.63) is 28.4 Å². The minimum atomic E-state index is -0.00684. The zero-order valence-corrected chi connectivity index (χ0v) is 7.71. The molecule has 0 aromatic carbocycles. The van der Waals surface area contributed by atoms with Gasteiger partial charge in [0.1, 0.15) is 0 Å². The van der Waals surface area contributed by atoms with Crippen LogP contribution in [0.2, 0.25) is 0 Å². The highest BCUT2D eigenvalue weighted by Crippen LogP contribution is 1.90. The van der Waals surface area contributed by atoms with Gasteiger partial charge in [0, 0.05) is 24.2 Å². The Hall–Kier alpha value is -0.830. The molecule has 0 spiro atoms. The SMILES string of the molecule is Cc1cc(=O)n(CCCCl)cn1. The van der Waals surface area contributed by atoms with Crippen molar-refractivity contribution in [1.82, 2.24) is 9.55 Å². The molecule has 12 heavy (non-hydrogen) atoms. The summed E-state index contributed by atoms with van der Waals surface area (Å²) in [5, 5.41) is 0. The molecule has 1 aromatic heterocycles. The maximum absolute atomic E-state index is 11.2. The highest BCUT2D eigenvalue weighted by Gasteiger charge is 1.95. The van der Waals surface area contributed by atoms with Crippen molar-refractivity contribution in [3.8, 4) is 0 Å². The van der Waals surface area contributed by atoms with E-state index in [1.165, 1.54) is 6.07 Å². The minimum absolute atomic E-state index is 0.00684. The van der Waals surface area contributed by atoms with Crippen LogP contribution in [0.3, 0.4) is 0 Å². The lowest BCUT2D eigenvalue weighted by molar-refractivity contribution is 0.640. The second-order valence-electron chi connectivity index (χ2n) is 2.60. The van der Waals surface area contributed by atoms with Crippen LogP contribution in [0.5, 0.6) is 0 Å². The first-order valence-electron chi connectivity index (χ1n) is 3.83. The summed E-state index contributed by atoms with van der Waals surface area (Å²) in [5.74, 6) is 0.570. The molecule has 1 heterocycles. The van der Waals surface area contributed by atoms with E-state index in [0.717, 1.165) is 12.1 Å². The molecule has 0 unspecified atom stereocenters. The van der Waals surface area contributed by atoms with Crippen molar-refractivity contribution in [1.29, 1.82) is 0 Å². The number of nitrogens with zero attached hydrogens (tertiary/aromatic N) is 2. The molecule has 0 aliphatic rings. The Kier molecular flexibility index (Phi) is 3.29. The molecule has 0 amide bonds. The minimum Gasteiger partial charge on any atom is -0.299 e. The zero-order valence-electron chi connectivity index (χ0n) is 6.96. The van der Waals surface area contributed by atoms with Crippen molar-refractivity contribution in [2.24, 2.45) is 0 Å². The average Bonchev–Trinajstić information content (AvgIpc) is 2.03. The number of halogens is 1. The fraction of sp³-hybridized carbons (Fsp3) is 0.500. The molecule has 0 bridgehead atoms. The lowest BCUT2D eigenvalue weighted by Gasteiger charge is -2.02. The molecule has 0 N–H and O–H groups in total. The normalized spacial score (nSPS) is 10.2. The third-order valence-corrected chi connectivity index (χ3v) is 1.82. The molecule has 0 aliphatic carbocycles. The number of aromatic nitrogens is 2. The molecule has 0 saturated carbocycles. The van der Waals surface area contributed by atoms with Gasteiger partial charge in [-0.05, 0) is 13.3 Å². The summed E-state index contributed by atoms with van der Waals surface area (Å²) in [5.41, 5.74) is 0.745. The lowest BCUT2D eigenvalue weighted by atomic mass is 10.4. The van der Waals surface area contributed by atoms with E-state index >= 15 is 0 Å². The Morgan fingerprint density at radius 2 is 2.42 bits per heavy atom. The van der Waals surface area contributed by atoms with Gasteiger partial charge in [-0.3, -0.25) is 9.36 Å². The van der Waals surface area contributed by atoms with Crippen molar-refractivity contribution in [2.75, 3.05) is 5.88 Å². The summed E-state index contributed by atoms with van der Waals surface area (Å²) < 4.78 is 1.56. The summed E-state index contributed by atoms with van der Waals surface area (Å²) in [6.45, 7) is 2.45. The predicted octanol–water partition coefficient (Wildman–Crippen LogP) is 1.18. The quantitative estimate of drug-likeness (QED) is 0.665. The standard InChI is InChI=1S/C8H11ClN2O/c1-7-5-8(12)11(6-10-7)4-2-3-9/h5-6H,2-4H2,1H3. The van der Waals surface area contributed by atoms with E-state index in [-0.39, 0.29) is 5.56 Å². The van der Waals surface area contributed by atoms with Gasteiger partial charge in [-0.1, -0.05) is 0 Å². The summed E-state index contributed by atoms with van der Waals surface area (Å²) in [7, 11) is 0. The Bertz CT molecular complexity index is 308. The lowest BCUT2D eigenvalue weighted by Crippen LogP contribution is -2.20. The number of aryl methyl sites for hydroxylation is 2. The molecular formula is C8H11ClN2O. The van der Waals surface area contributed by atoms with Crippen LogP contribution in [0.15, 0.2) is 17.2 Å².